The van der Waals surface area contributed by atoms with Gasteiger partial charge in [-0.3, -0.25) is 0 Å². The van der Waals surface area contributed by atoms with Crippen LogP contribution in [0.3, 0.4) is 0 Å². The molecule has 0 N–H and O–H groups in total. The molecule has 20 heavy (non-hydrogen) atoms. The van der Waals surface area contributed by atoms with Gasteiger partial charge in [-0.2, -0.15) is 0 Å². The second kappa shape index (κ2) is 6.65. The van der Waals surface area contributed by atoms with Crippen molar-refractivity contribution in [2.24, 2.45) is 0 Å². The molecule has 1 aromatic rings. The minimum atomic E-state index is -3.39. The molecule has 0 amide bonds. The van der Waals surface area contributed by atoms with Crippen molar-refractivity contribution < 1.29 is 8.42 Å². The highest BCUT2D eigenvalue weighted by Gasteiger charge is 2.28. The van der Waals surface area contributed by atoms with Crippen LogP contribution in [0.5, 0.6) is 0 Å². The van der Waals surface area contributed by atoms with Crippen molar-refractivity contribution in [3.63, 3.8) is 0 Å². The van der Waals surface area contributed by atoms with Crippen LogP contribution in [0.4, 0.5) is 0 Å². The lowest BCUT2D eigenvalue weighted by atomic mass is 9.96. The molecule has 112 valence electrons. The molecule has 1 saturated carbocycles. The summed E-state index contributed by atoms with van der Waals surface area (Å²) >= 11 is 12.1. The van der Waals surface area contributed by atoms with Gasteiger partial charge in [0.15, 0.2) is 0 Å². The van der Waals surface area contributed by atoms with Crippen LogP contribution in [0.25, 0.3) is 0 Å². The van der Waals surface area contributed by atoms with E-state index in [4.69, 9.17) is 23.2 Å². The largest absolute Gasteiger partial charge is 0.218 e. The van der Waals surface area contributed by atoms with Gasteiger partial charge in [-0.1, -0.05) is 48.5 Å². The Labute approximate surface area is 130 Å². The Bertz CT molecular complexity index is 548. The molecule has 0 spiro atoms. The van der Waals surface area contributed by atoms with E-state index in [0.717, 1.165) is 25.7 Å². The van der Waals surface area contributed by atoms with E-state index in [1.165, 1.54) is 10.7 Å². The van der Waals surface area contributed by atoms with Gasteiger partial charge in [-0.05, 0) is 25.0 Å². The summed E-state index contributed by atoms with van der Waals surface area (Å²) in [5.74, 6) is -0.140. The van der Waals surface area contributed by atoms with Crippen molar-refractivity contribution in [1.82, 2.24) is 4.31 Å². The molecule has 0 radical (unpaired) electrons. The highest BCUT2D eigenvalue weighted by atomic mass is 35.5. The lowest BCUT2D eigenvalue weighted by Crippen LogP contribution is -2.39. The first-order valence-corrected chi connectivity index (χ1v) is 9.17. The highest BCUT2D eigenvalue weighted by Crippen LogP contribution is 2.29. The average molecular weight is 336 g/mol. The summed E-state index contributed by atoms with van der Waals surface area (Å²) in [6.07, 6.45) is 5.26. The molecule has 1 fully saturated rings. The van der Waals surface area contributed by atoms with Crippen LogP contribution in [-0.4, -0.2) is 25.8 Å². The topological polar surface area (TPSA) is 37.4 Å². The summed E-state index contributed by atoms with van der Waals surface area (Å²) in [5.41, 5.74) is 0.485. The molecular weight excluding hydrogens is 317 g/mol. The first-order valence-electron chi connectivity index (χ1n) is 6.80. The Morgan fingerprint density at radius 2 is 1.70 bits per heavy atom. The highest BCUT2D eigenvalue weighted by molar-refractivity contribution is 7.88. The zero-order chi connectivity index (χ0) is 14.8. The molecule has 0 unspecified atom stereocenters. The van der Waals surface area contributed by atoms with Crippen molar-refractivity contribution in [3.05, 3.63) is 33.8 Å². The minimum Gasteiger partial charge on any atom is -0.212 e. The maximum atomic E-state index is 12.5. The molecule has 0 bridgehead atoms. The molecule has 1 aliphatic rings. The third kappa shape index (κ3) is 3.67. The van der Waals surface area contributed by atoms with Gasteiger partial charge in [0.25, 0.3) is 0 Å². The van der Waals surface area contributed by atoms with Crippen LogP contribution < -0.4 is 0 Å². The minimum absolute atomic E-state index is 0.106. The molecule has 0 aliphatic heterocycles. The number of hydrogen-bond acceptors (Lipinski definition) is 2. The standard InChI is InChI=1S/C14H19Cl2NO2S/c1-17(11-6-3-2-4-7-11)20(18,19)10-12-13(15)8-5-9-14(12)16/h5,8-9,11H,2-4,6-7,10H2,1H3. The lowest BCUT2D eigenvalue weighted by molar-refractivity contribution is 0.285. The second-order valence-corrected chi connectivity index (χ2v) is 8.11. The third-order valence-electron chi connectivity index (χ3n) is 3.92. The summed E-state index contributed by atoms with van der Waals surface area (Å²) in [6.45, 7) is 0. The van der Waals surface area contributed by atoms with Crippen molar-refractivity contribution in [2.45, 2.75) is 43.9 Å². The molecular formula is C14H19Cl2NO2S. The van der Waals surface area contributed by atoms with E-state index < -0.39 is 10.0 Å². The van der Waals surface area contributed by atoms with Gasteiger partial charge in [-0.25, -0.2) is 12.7 Å². The molecule has 6 heteroatoms. The SMILES string of the molecule is CN(C1CCCCC1)S(=O)(=O)Cc1c(Cl)cccc1Cl. The quantitative estimate of drug-likeness (QED) is 0.830. The number of sulfonamides is 1. The fourth-order valence-corrected chi connectivity index (χ4v) is 4.86. The molecule has 1 aromatic carbocycles. The van der Waals surface area contributed by atoms with E-state index >= 15 is 0 Å². The van der Waals surface area contributed by atoms with E-state index in [0.29, 0.717) is 15.6 Å². The first kappa shape index (κ1) is 16.1. The zero-order valence-corrected chi connectivity index (χ0v) is 13.8. The van der Waals surface area contributed by atoms with E-state index in [2.05, 4.69) is 0 Å². The Kier molecular flexibility index (Phi) is 5.35. The number of benzene rings is 1. The van der Waals surface area contributed by atoms with Crippen LogP contribution in [-0.2, 0) is 15.8 Å². The predicted molar refractivity (Wildman–Crippen MR) is 83.7 cm³/mol. The fourth-order valence-electron chi connectivity index (χ4n) is 2.63. The van der Waals surface area contributed by atoms with Crippen molar-refractivity contribution in [3.8, 4) is 0 Å². The molecule has 0 saturated heterocycles. The third-order valence-corrected chi connectivity index (χ3v) is 6.45. The monoisotopic (exact) mass is 335 g/mol. The molecule has 0 aromatic heterocycles. The van der Waals surface area contributed by atoms with E-state index in [1.807, 2.05) is 0 Å². The van der Waals surface area contributed by atoms with Gasteiger partial charge in [0.1, 0.15) is 0 Å². The Balaban J connectivity index is 2.18. The first-order chi connectivity index (χ1) is 9.42. The summed E-state index contributed by atoms with van der Waals surface area (Å²) in [6, 6.07) is 5.15. The normalized spacial score (nSPS) is 17.6. The van der Waals surface area contributed by atoms with Gasteiger partial charge in [-0.15, -0.1) is 0 Å². The number of halogens is 2. The van der Waals surface area contributed by atoms with E-state index in [9.17, 15) is 8.42 Å². The predicted octanol–water partition coefficient (Wildman–Crippen LogP) is 4.09. The molecule has 0 atom stereocenters. The van der Waals surface area contributed by atoms with Crippen LogP contribution in [0.15, 0.2) is 18.2 Å². The second-order valence-electron chi connectivity index (χ2n) is 5.26. The summed E-state index contributed by atoms with van der Waals surface area (Å²) in [4.78, 5) is 0. The maximum Gasteiger partial charge on any atom is 0.218 e. The Morgan fingerprint density at radius 3 is 2.25 bits per heavy atom. The number of rotatable bonds is 4. The smallest absolute Gasteiger partial charge is 0.212 e. The van der Waals surface area contributed by atoms with Gasteiger partial charge < -0.3 is 0 Å². The van der Waals surface area contributed by atoms with Gasteiger partial charge >= 0.3 is 0 Å². The summed E-state index contributed by atoms with van der Waals surface area (Å²) in [5, 5.41) is 0.802. The fraction of sp³-hybridized carbons (Fsp3) is 0.571. The molecule has 2 rings (SSSR count). The van der Waals surface area contributed by atoms with Crippen LogP contribution >= 0.6 is 23.2 Å². The van der Waals surface area contributed by atoms with Crippen molar-refractivity contribution >= 4 is 33.2 Å². The Hall–Kier alpha value is -0.290. The van der Waals surface area contributed by atoms with E-state index in [1.54, 1.807) is 25.2 Å². The summed E-state index contributed by atoms with van der Waals surface area (Å²) in [7, 11) is -1.73. The van der Waals surface area contributed by atoms with Gasteiger partial charge in [0, 0.05) is 28.7 Å². The van der Waals surface area contributed by atoms with Crippen LogP contribution in [0.2, 0.25) is 10.0 Å². The zero-order valence-electron chi connectivity index (χ0n) is 11.5. The van der Waals surface area contributed by atoms with Gasteiger partial charge in [0.05, 0.1) is 5.75 Å². The average Bonchev–Trinajstić information content (AvgIpc) is 2.43. The summed E-state index contributed by atoms with van der Waals surface area (Å²) < 4.78 is 26.5. The van der Waals surface area contributed by atoms with E-state index in [-0.39, 0.29) is 11.8 Å². The molecule has 0 heterocycles. The van der Waals surface area contributed by atoms with Crippen molar-refractivity contribution in [2.75, 3.05) is 7.05 Å². The van der Waals surface area contributed by atoms with Gasteiger partial charge in [0.2, 0.25) is 10.0 Å². The number of nitrogens with zero attached hydrogens (tertiary/aromatic N) is 1. The van der Waals surface area contributed by atoms with Crippen molar-refractivity contribution in [1.29, 1.82) is 0 Å². The Morgan fingerprint density at radius 1 is 1.15 bits per heavy atom. The molecule has 1 aliphatic carbocycles. The van der Waals surface area contributed by atoms with Crippen LogP contribution in [0, 0.1) is 0 Å². The maximum absolute atomic E-state index is 12.5. The van der Waals surface area contributed by atoms with Crippen LogP contribution in [0.1, 0.15) is 37.7 Å². The number of hydrogen-bond donors (Lipinski definition) is 0. The lowest BCUT2D eigenvalue weighted by Gasteiger charge is -2.30. The molecule has 3 nitrogen and oxygen atoms in total.